The van der Waals surface area contributed by atoms with Gasteiger partial charge in [0, 0.05) is 11.6 Å². The van der Waals surface area contributed by atoms with Crippen molar-refractivity contribution < 1.29 is 40.2 Å². The average Bonchev–Trinajstić information content (AvgIpc) is 2.71. The van der Waals surface area contributed by atoms with Crippen LogP contribution in [0.5, 0.6) is 11.5 Å². The van der Waals surface area contributed by atoms with Crippen LogP contribution in [0, 0.1) is 29.1 Å². The molecule has 0 N–H and O–H groups in total. The molecule has 0 unspecified atom stereocenters. The smallest absolute Gasteiger partial charge is 0.433 e. The van der Waals surface area contributed by atoms with E-state index in [0.717, 1.165) is 18.6 Å². The lowest BCUT2D eigenvalue weighted by Crippen LogP contribution is -2.32. The largest absolute Gasteiger partial charge is 0.480 e. The predicted octanol–water partition coefficient (Wildman–Crippen LogP) is 7.05. The minimum atomic E-state index is -3.95. The molecule has 0 aromatic heterocycles. The van der Waals surface area contributed by atoms with Gasteiger partial charge in [-0.05, 0) is 53.9 Å². The van der Waals surface area contributed by atoms with Crippen LogP contribution in [0.1, 0.15) is 18.9 Å². The molecular formula is C23H17F7O2. The van der Waals surface area contributed by atoms with Gasteiger partial charge < -0.3 is 9.47 Å². The maximum Gasteiger partial charge on any atom is 0.433 e. The zero-order valence-electron chi connectivity index (χ0n) is 16.7. The van der Waals surface area contributed by atoms with Gasteiger partial charge in [0.05, 0.1) is 0 Å². The molecule has 0 radical (unpaired) electrons. The number of rotatable bonds is 8. The van der Waals surface area contributed by atoms with Crippen molar-refractivity contribution in [1.29, 1.82) is 0 Å². The minimum Gasteiger partial charge on any atom is -0.480 e. The Kier molecular flexibility index (Phi) is 6.96. The second-order valence-corrected chi connectivity index (χ2v) is 6.94. The van der Waals surface area contributed by atoms with Gasteiger partial charge in [0.1, 0.15) is 11.6 Å². The van der Waals surface area contributed by atoms with Crippen LogP contribution >= 0.6 is 0 Å². The van der Waals surface area contributed by atoms with Gasteiger partial charge in [-0.3, -0.25) is 0 Å². The highest BCUT2D eigenvalue weighted by atomic mass is 19.3. The Morgan fingerprint density at radius 1 is 0.781 bits per heavy atom. The topological polar surface area (TPSA) is 18.5 Å². The fourth-order valence-electron chi connectivity index (χ4n) is 2.97. The highest BCUT2D eigenvalue weighted by molar-refractivity contribution is 5.65. The monoisotopic (exact) mass is 458 g/mol. The number of halogens is 7. The SMILES string of the molecule is CCCc1ccc(OCC(F)(F)Oc2ccc(-c3cc(F)c(F)c(F)c3)c(F)c2)c(F)c1. The van der Waals surface area contributed by atoms with Crippen LogP contribution in [-0.4, -0.2) is 12.7 Å². The van der Waals surface area contributed by atoms with E-state index in [1.807, 2.05) is 6.92 Å². The van der Waals surface area contributed by atoms with Crippen LogP contribution in [0.2, 0.25) is 0 Å². The first-order valence-corrected chi connectivity index (χ1v) is 9.52. The molecule has 2 nitrogen and oxygen atoms in total. The van der Waals surface area contributed by atoms with Crippen LogP contribution in [0.25, 0.3) is 11.1 Å². The van der Waals surface area contributed by atoms with Gasteiger partial charge >= 0.3 is 6.11 Å². The summed E-state index contributed by atoms with van der Waals surface area (Å²) in [6.07, 6.45) is -2.54. The summed E-state index contributed by atoms with van der Waals surface area (Å²) in [5.74, 6) is -7.72. The standard InChI is InChI=1S/C23H17F7O2/c1-2-3-13-4-7-21(18(25)8-13)31-12-23(29,30)32-15-5-6-16(17(24)11-15)14-9-19(26)22(28)20(27)10-14/h4-11H,2-3,12H2,1H3. The van der Waals surface area contributed by atoms with E-state index in [2.05, 4.69) is 4.74 Å². The van der Waals surface area contributed by atoms with E-state index in [9.17, 15) is 30.7 Å². The number of aryl methyl sites for hydroxylation is 1. The van der Waals surface area contributed by atoms with Gasteiger partial charge in [-0.15, -0.1) is 0 Å². The average molecular weight is 458 g/mol. The zero-order valence-corrected chi connectivity index (χ0v) is 16.7. The van der Waals surface area contributed by atoms with E-state index in [0.29, 0.717) is 30.2 Å². The van der Waals surface area contributed by atoms with Gasteiger partial charge in [0.25, 0.3) is 0 Å². The van der Waals surface area contributed by atoms with Crippen LogP contribution in [-0.2, 0) is 6.42 Å². The van der Waals surface area contributed by atoms with E-state index in [1.165, 1.54) is 12.1 Å². The summed E-state index contributed by atoms with van der Waals surface area (Å²) in [6, 6.07) is 7.56. The number of hydrogen-bond donors (Lipinski definition) is 0. The first-order valence-electron chi connectivity index (χ1n) is 9.52. The van der Waals surface area contributed by atoms with Gasteiger partial charge in [-0.25, -0.2) is 22.0 Å². The second kappa shape index (κ2) is 9.50. The molecule has 0 saturated heterocycles. The summed E-state index contributed by atoms with van der Waals surface area (Å²) in [4.78, 5) is 0. The maximum atomic E-state index is 14.3. The van der Waals surface area contributed by atoms with E-state index in [1.54, 1.807) is 6.07 Å². The normalized spacial score (nSPS) is 11.5. The van der Waals surface area contributed by atoms with E-state index in [-0.39, 0.29) is 11.1 Å². The summed E-state index contributed by atoms with van der Waals surface area (Å²) in [5, 5.41) is 0. The van der Waals surface area contributed by atoms with Crippen LogP contribution in [0.3, 0.4) is 0 Å². The second-order valence-electron chi connectivity index (χ2n) is 6.94. The molecule has 170 valence electrons. The Labute approximate surface area is 179 Å². The molecule has 0 amide bonds. The molecule has 32 heavy (non-hydrogen) atoms. The molecule has 0 saturated carbocycles. The molecule has 0 bridgehead atoms. The maximum absolute atomic E-state index is 14.3. The summed E-state index contributed by atoms with van der Waals surface area (Å²) >= 11 is 0. The molecule has 0 aliphatic carbocycles. The quantitative estimate of drug-likeness (QED) is 0.266. The van der Waals surface area contributed by atoms with Gasteiger partial charge in [-0.2, -0.15) is 8.78 Å². The van der Waals surface area contributed by atoms with Crippen molar-refractivity contribution in [3.63, 3.8) is 0 Å². The molecule has 9 heteroatoms. The van der Waals surface area contributed by atoms with E-state index >= 15 is 0 Å². The lowest BCUT2D eigenvalue weighted by atomic mass is 10.0. The number of alkyl halides is 2. The van der Waals surface area contributed by atoms with Crippen molar-refractivity contribution in [2.75, 3.05) is 6.61 Å². The van der Waals surface area contributed by atoms with Crippen molar-refractivity contribution in [1.82, 2.24) is 0 Å². The van der Waals surface area contributed by atoms with Crippen molar-refractivity contribution >= 4 is 0 Å². The van der Waals surface area contributed by atoms with E-state index in [4.69, 9.17) is 4.74 Å². The number of hydrogen-bond acceptors (Lipinski definition) is 2. The van der Waals surface area contributed by atoms with E-state index < -0.39 is 53.3 Å². The molecule has 3 aromatic carbocycles. The highest BCUT2D eigenvalue weighted by Crippen LogP contribution is 2.31. The van der Waals surface area contributed by atoms with Crippen LogP contribution in [0.15, 0.2) is 48.5 Å². The Hall–Kier alpha value is -3.23. The molecule has 0 spiro atoms. The fraction of sp³-hybridized carbons (Fsp3) is 0.217. The lowest BCUT2D eigenvalue weighted by molar-refractivity contribution is -0.195. The van der Waals surface area contributed by atoms with Crippen molar-refractivity contribution in [2.24, 2.45) is 0 Å². The molecule has 3 aromatic rings. The molecule has 3 rings (SSSR count). The first-order chi connectivity index (χ1) is 15.1. The van der Waals surface area contributed by atoms with Gasteiger partial charge in [-0.1, -0.05) is 19.4 Å². The molecule has 0 atom stereocenters. The Balaban J connectivity index is 1.70. The molecule has 0 aliphatic heterocycles. The number of benzene rings is 3. The van der Waals surface area contributed by atoms with Crippen molar-refractivity contribution in [3.05, 3.63) is 83.2 Å². The summed E-state index contributed by atoms with van der Waals surface area (Å²) in [7, 11) is 0. The molecule has 0 fully saturated rings. The lowest BCUT2D eigenvalue weighted by Gasteiger charge is -2.19. The first kappa shape index (κ1) is 23.4. The summed E-state index contributed by atoms with van der Waals surface area (Å²) < 4.78 is 106. The highest BCUT2D eigenvalue weighted by Gasteiger charge is 2.34. The Morgan fingerprint density at radius 2 is 1.47 bits per heavy atom. The number of ether oxygens (including phenoxy) is 2. The Morgan fingerprint density at radius 3 is 2.06 bits per heavy atom. The summed E-state index contributed by atoms with van der Waals surface area (Å²) in [5.41, 5.74) is 0.00309. The third kappa shape index (κ3) is 5.52. The molecule has 0 aliphatic rings. The molecule has 0 heterocycles. The fourth-order valence-corrected chi connectivity index (χ4v) is 2.97. The zero-order chi connectivity index (χ0) is 23.5. The third-order valence-corrected chi connectivity index (χ3v) is 4.43. The van der Waals surface area contributed by atoms with Gasteiger partial charge in [0.15, 0.2) is 35.6 Å². The van der Waals surface area contributed by atoms with Crippen LogP contribution in [0.4, 0.5) is 30.7 Å². The van der Waals surface area contributed by atoms with Crippen molar-refractivity contribution in [2.45, 2.75) is 25.9 Å². The van der Waals surface area contributed by atoms with Gasteiger partial charge in [0.2, 0.25) is 0 Å². The minimum absolute atomic E-state index is 0.331. The van der Waals surface area contributed by atoms with Crippen LogP contribution < -0.4 is 9.47 Å². The third-order valence-electron chi connectivity index (χ3n) is 4.43. The van der Waals surface area contributed by atoms with Crippen molar-refractivity contribution in [3.8, 4) is 22.6 Å². The predicted molar refractivity (Wildman–Crippen MR) is 103 cm³/mol. The summed E-state index contributed by atoms with van der Waals surface area (Å²) in [6.45, 7) is 0.556. The molecular weight excluding hydrogens is 441 g/mol. The Bertz CT molecular complexity index is 1090.